The zero-order chi connectivity index (χ0) is 36.7. The van der Waals surface area contributed by atoms with E-state index in [1.54, 1.807) is 0 Å². The van der Waals surface area contributed by atoms with Crippen LogP contribution in [0.4, 0.5) is 28.4 Å². The summed E-state index contributed by atoms with van der Waals surface area (Å²) in [7, 11) is 0. The van der Waals surface area contributed by atoms with Crippen molar-refractivity contribution in [1.82, 2.24) is 0 Å². The number of para-hydroxylation sites is 4. The van der Waals surface area contributed by atoms with Gasteiger partial charge < -0.3 is 19.3 Å². The van der Waals surface area contributed by atoms with E-state index in [9.17, 15) is 0 Å². The van der Waals surface area contributed by atoms with E-state index in [2.05, 4.69) is 186 Å². The Morgan fingerprint density at radius 3 is 2.05 bits per heavy atom. The van der Waals surface area contributed by atoms with Gasteiger partial charge in [-0.15, -0.1) is 0 Å². The zero-order valence-corrected chi connectivity index (χ0v) is 30.6. The Bertz CT molecular complexity index is 2850. The lowest BCUT2D eigenvalue weighted by molar-refractivity contribution is 0.474. The molecule has 7 aromatic rings. The Hall–Kier alpha value is -7.04. The van der Waals surface area contributed by atoms with Gasteiger partial charge in [0.15, 0.2) is 0 Å². The molecule has 4 nitrogen and oxygen atoms in total. The van der Waals surface area contributed by atoms with E-state index < -0.39 is 0 Å². The third kappa shape index (κ3) is 4.72. The monoisotopic (exact) mass is 720 g/mol. The fraction of sp³-hybridized carbons (Fsp3) is 0.0769. The Balaban J connectivity index is 0.888. The largest absolute Gasteiger partial charge is 0.457 e. The van der Waals surface area contributed by atoms with Crippen LogP contribution in [0, 0.1) is 0 Å². The summed E-state index contributed by atoms with van der Waals surface area (Å²) >= 11 is 0. The highest BCUT2D eigenvalue weighted by atomic mass is 16.5. The van der Waals surface area contributed by atoms with Crippen molar-refractivity contribution in [3.8, 4) is 23.0 Å². The van der Waals surface area contributed by atoms with Gasteiger partial charge in [0.05, 0.1) is 17.1 Å². The van der Waals surface area contributed by atoms with Gasteiger partial charge in [0.1, 0.15) is 23.0 Å². The summed E-state index contributed by atoms with van der Waals surface area (Å²) in [6.07, 6.45) is 11.2. The van der Waals surface area contributed by atoms with Gasteiger partial charge >= 0.3 is 0 Å². The lowest BCUT2D eigenvalue weighted by Crippen LogP contribution is -2.19. The van der Waals surface area contributed by atoms with Crippen LogP contribution in [0.3, 0.4) is 0 Å². The molecule has 4 heteroatoms. The van der Waals surface area contributed by atoms with Crippen LogP contribution in [0.5, 0.6) is 23.0 Å². The second-order valence-electron chi connectivity index (χ2n) is 15.2. The molecule has 266 valence electrons. The highest BCUT2D eigenvalue weighted by Crippen LogP contribution is 2.55. The van der Waals surface area contributed by atoms with E-state index in [1.807, 2.05) is 6.07 Å². The first-order chi connectivity index (χ1) is 27.8. The summed E-state index contributed by atoms with van der Waals surface area (Å²) < 4.78 is 13.1. The number of fused-ring (bicyclic) bond motifs is 8. The topological polar surface area (TPSA) is 24.9 Å². The third-order valence-electron chi connectivity index (χ3n) is 12.1. The van der Waals surface area contributed by atoms with Crippen LogP contribution < -0.4 is 19.3 Å². The number of allylic oxidation sites excluding steroid dienone is 3. The Kier molecular flexibility index (Phi) is 6.85. The molecule has 2 bridgehead atoms. The van der Waals surface area contributed by atoms with Gasteiger partial charge in [-0.1, -0.05) is 109 Å². The molecule has 56 heavy (non-hydrogen) atoms. The minimum absolute atomic E-state index is 0.200. The highest BCUT2D eigenvalue weighted by molar-refractivity contribution is 6.05. The number of hydrogen-bond acceptors (Lipinski definition) is 4. The summed E-state index contributed by atoms with van der Waals surface area (Å²) in [4.78, 5) is 4.85. The summed E-state index contributed by atoms with van der Waals surface area (Å²) in [5, 5.41) is 0. The molecule has 12 rings (SSSR count). The standard InChI is InChI=1S/C52H36N2O2/c1-5-15-44-35(11-1)31-42-40-14-4-8-20-49(40)56-51-22-10-18-47(52(42)51)53(44)36-27-23-33(24-28-36)34-25-29-37(30-26-34)54-45-16-6-2-12-38(45)41-32-43-46(54)17-9-21-50(43)55-48-19-7-3-13-39(41)48/h1-23,25-31,33,41H,24,32H2. The molecule has 0 aromatic heterocycles. The van der Waals surface area contributed by atoms with Gasteiger partial charge in [-0.05, 0) is 108 Å². The first-order valence-electron chi connectivity index (χ1n) is 19.5. The fourth-order valence-corrected chi connectivity index (χ4v) is 9.54. The van der Waals surface area contributed by atoms with E-state index in [0.29, 0.717) is 0 Å². The van der Waals surface area contributed by atoms with Crippen LogP contribution in [0.2, 0.25) is 0 Å². The van der Waals surface area contributed by atoms with Gasteiger partial charge in [0, 0.05) is 51.2 Å². The second-order valence-corrected chi connectivity index (χ2v) is 15.2. The molecule has 0 saturated heterocycles. The van der Waals surface area contributed by atoms with E-state index in [0.717, 1.165) is 64.0 Å². The van der Waals surface area contributed by atoms with Gasteiger partial charge in [-0.3, -0.25) is 0 Å². The molecular formula is C52H36N2O2. The molecule has 0 N–H and O–H groups in total. The first kappa shape index (κ1) is 31.3. The number of nitrogens with zero attached hydrogens (tertiary/aromatic N) is 2. The number of ether oxygens (including phenoxy) is 2. The van der Waals surface area contributed by atoms with Crippen molar-refractivity contribution in [3.63, 3.8) is 0 Å². The van der Waals surface area contributed by atoms with Crippen molar-refractivity contribution in [1.29, 1.82) is 0 Å². The van der Waals surface area contributed by atoms with E-state index in [1.165, 1.54) is 50.5 Å². The van der Waals surface area contributed by atoms with Crippen LogP contribution in [-0.2, 0) is 6.42 Å². The molecule has 2 atom stereocenters. The number of rotatable bonds is 3. The molecule has 4 heterocycles. The Labute approximate surface area is 326 Å². The van der Waals surface area contributed by atoms with Gasteiger partial charge in [0.2, 0.25) is 0 Å². The van der Waals surface area contributed by atoms with Crippen LogP contribution in [0.25, 0.3) is 11.6 Å². The Morgan fingerprint density at radius 2 is 1.20 bits per heavy atom. The average molecular weight is 721 g/mol. The molecule has 0 spiro atoms. The lowest BCUT2D eigenvalue weighted by Gasteiger charge is -2.32. The third-order valence-corrected chi connectivity index (χ3v) is 12.1. The molecule has 7 aromatic carbocycles. The molecule has 0 saturated carbocycles. The summed E-state index contributed by atoms with van der Waals surface area (Å²) in [6, 6.07) is 56.6. The number of anilines is 5. The molecule has 5 aliphatic rings. The van der Waals surface area contributed by atoms with Crippen LogP contribution in [0.15, 0.2) is 182 Å². The van der Waals surface area contributed by atoms with E-state index in [4.69, 9.17) is 9.47 Å². The highest BCUT2D eigenvalue weighted by Gasteiger charge is 2.35. The van der Waals surface area contributed by atoms with Crippen LogP contribution in [0.1, 0.15) is 57.2 Å². The van der Waals surface area contributed by atoms with Crippen LogP contribution in [-0.4, -0.2) is 0 Å². The van der Waals surface area contributed by atoms with Gasteiger partial charge in [0.25, 0.3) is 0 Å². The molecule has 0 amide bonds. The van der Waals surface area contributed by atoms with Crippen molar-refractivity contribution >= 4 is 40.1 Å². The molecule has 0 fully saturated rings. The maximum Gasteiger partial charge on any atom is 0.137 e. The van der Waals surface area contributed by atoms with E-state index >= 15 is 0 Å². The van der Waals surface area contributed by atoms with Crippen LogP contribution >= 0.6 is 0 Å². The zero-order valence-electron chi connectivity index (χ0n) is 30.6. The van der Waals surface area contributed by atoms with Crippen molar-refractivity contribution in [2.75, 3.05) is 9.80 Å². The maximum atomic E-state index is 6.63. The normalized spacial score (nSPS) is 17.9. The van der Waals surface area contributed by atoms with Crippen molar-refractivity contribution < 1.29 is 9.47 Å². The van der Waals surface area contributed by atoms with Crippen molar-refractivity contribution in [3.05, 3.63) is 221 Å². The molecule has 0 radical (unpaired) electrons. The predicted molar refractivity (Wildman–Crippen MR) is 226 cm³/mol. The lowest BCUT2D eigenvalue weighted by atomic mass is 9.86. The van der Waals surface area contributed by atoms with E-state index in [-0.39, 0.29) is 11.8 Å². The fourth-order valence-electron chi connectivity index (χ4n) is 9.54. The predicted octanol–water partition coefficient (Wildman–Crippen LogP) is 13.7. The molecule has 1 aliphatic carbocycles. The second kappa shape index (κ2) is 12.2. The van der Waals surface area contributed by atoms with Gasteiger partial charge in [-0.2, -0.15) is 0 Å². The maximum absolute atomic E-state index is 6.63. The SMILES string of the molecule is C1=CC(c2ccc(N3c4ccccc4C4Cc5c(cccc53)Oc3ccccc34)cc2)CC=C1N1c2ccccc2C=C2c3ccccc3Oc3cccc1c32. The first-order valence-corrected chi connectivity index (χ1v) is 19.5. The summed E-state index contributed by atoms with van der Waals surface area (Å²) in [5.41, 5.74) is 16.7. The average Bonchev–Trinajstić information content (AvgIpc) is 3.59. The minimum atomic E-state index is 0.200. The summed E-state index contributed by atoms with van der Waals surface area (Å²) in [6.45, 7) is 0. The smallest absolute Gasteiger partial charge is 0.137 e. The Morgan fingerprint density at radius 1 is 0.518 bits per heavy atom. The van der Waals surface area contributed by atoms with Gasteiger partial charge in [-0.25, -0.2) is 0 Å². The number of benzene rings is 7. The molecular weight excluding hydrogens is 685 g/mol. The molecule has 4 aliphatic heterocycles. The molecule has 2 unspecified atom stereocenters. The van der Waals surface area contributed by atoms with Crippen molar-refractivity contribution in [2.24, 2.45) is 0 Å². The van der Waals surface area contributed by atoms with Crippen molar-refractivity contribution in [2.45, 2.75) is 24.7 Å². The summed E-state index contributed by atoms with van der Waals surface area (Å²) in [5.74, 6) is 4.13. The number of hydrogen-bond donors (Lipinski definition) is 0. The minimum Gasteiger partial charge on any atom is -0.457 e. The quantitative estimate of drug-likeness (QED) is 0.181.